The van der Waals surface area contributed by atoms with Crippen molar-refractivity contribution in [2.24, 2.45) is 0 Å². The third kappa shape index (κ3) is 5.79. The Balaban J connectivity index is 1.51. The molecule has 0 saturated heterocycles. The Morgan fingerprint density at radius 1 is 1.04 bits per heavy atom. The Morgan fingerprint density at radius 3 is 2.44 bits per heavy atom. The summed E-state index contributed by atoms with van der Waals surface area (Å²) in [6.07, 6.45) is 6.59. The summed E-state index contributed by atoms with van der Waals surface area (Å²) in [6.45, 7) is 0.869. The number of hydrogen-bond acceptors (Lipinski definition) is 4. The van der Waals surface area contributed by atoms with Crippen LogP contribution in [0.3, 0.4) is 0 Å². The lowest BCUT2D eigenvalue weighted by molar-refractivity contribution is -0.115. The number of anilines is 2. The van der Waals surface area contributed by atoms with Crippen LogP contribution in [0.1, 0.15) is 11.1 Å². The van der Waals surface area contributed by atoms with E-state index in [9.17, 15) is 4.79 Å². The van der Waals surface area contributed by atoms with Gasteiger partial charge in [0.1, 0.15) is 5.82 Å². The van der Waals surface area contributed by atoms with Crippen LogP contribution in [0.25, 0.3) is 0 Å². The lowest BCUT2D eigenvalue weighted by Gasteiger charge is -2.19. The number of rotatable bonds is 7. The summed E-state index contributed by atoms with van der Waals surface area (Å²) in [5.41, 5.74) is 3.15. The van der Waals surface area contributed by atoms with E-state index >= 15 is 0 Å². The summed E-state index contributed by atoms with van der Waals surface area (Å²) < 4.78 is 0. The molecule has 0 saturated carbocycles. The predicted octanol–water partition coefficient (Wildman–Crippen LogP) is 3.99. The fraction of sp³-hybridized carbons (Fsp3) is 0.190. The molecule has 5 nitrogen and oxygen atoms in total. The number of likely N-dealkylation sites (N-methyl/N-ethyl adjacent to an activating group) is 1. The van der Waals surface area contributed by atoms with Gasteiger partial charge in [0.25, 0.3) is 0 Å². The summed E-state index contributed by atoms with van der Waals surface area (Å²) in [4.78, 5) is 22.7. The lowest BCUT2D eigenvalue weighted by Crippen LogP contribution is -2.21. The average Bonchev–Trinajstić information content (AvgIpc) is 2.69. The van der Waals surface area contributed by atoms with Crippen LogP contribution < -0.4 is 10.2 Å². The smallest absolute Gasteiger partial charge is 0.229 e. The zero-order valence-corrected chi connectivity index (χ0v) is 15.9. The van der Waals surface area contributed by atoms with E-state index in [1.54, 1.807) is 30.7 Å². The molecule has 3 aromatic rings. The first-order valence-electron chi connectivity index (χ1n) is 8.70. The maximum Gasteiger partial charge on any atom is 0.229 e. The summed E-state index contributed by atoms with van der Waals surface area (Å²) in [6, 6.07) is 15.1. The highest BCUT2D eigenvalue weighted by molar-refractivity contribution is 6.30. The van der Waals surface area contributed by atoms with E-state index in [1.807, 2.05) is 43.4 Å². The highest BCUT2D eigenvalue weighted by Gasteiger charge is 2.07. The summed E-state index contributed by atoms with van der Waals surface area (Å²) >= 11 is 5.86. The quantitative estimate of drug-likeness (QED) is 0.673. The van der Waals surface area contributed by atoms with E-state index in [-0.39, 0.29) is 12.3 Å². The molecule has 2 heterocycles. The van der Waals surface area contributed by atoms with E-state index in [2.05, 4.69) is 20.2 Å². The fourth-order valence-corrected chi connectivity index (χ4v) is 2.76. The van der Waals surface area contributed by atoms with Gasteiger partial charge in [-0.15, -0.1) is 0 Å². The zero-order chi connectivity index (χ0) is 19.1. The van der Waals surface area contributed by atoms with Crippen LogP contribution in [0.4, 0.5) is 11.5 Å². The van der Waals surface area contributed by atoms with Crippen molar-refractivity contribution in [2.45, 2.75) is 12.8 Å². The highest BCUT2D eigenvalue weighted by atomic mass is 35.5. The highest BCUT2D eigenvalue weighted by Crippen LogP contribution is 2.15. The first kappa shape index (κ1) is 18.9. The third-order valence-corrected chi connectivity index (χ3v) is 4.47. The lowest BCUT2D eigenvalue weighted by atomic mass is 10.1. The molecule has 27 heavy (non-hydrogen) atoms. The Hall–Kier alpha value is -2.92. The number of hydrogen-bond donors (Lipinski definition) is 1. The number of pyridine rings is 2. The molecule has 0 spiro atoms. The molecule has 0 aliphatic heterocycles. The second-order valence-corrected chi connectivity index (χ2v) is 6.72. The van der Waals surface area contributed by atoms with E-state index in [4.69, 9.17) is 11.6 Å². The van der Waals surface area contributed by atoms with Gasteiger partial charge in [-0.05, 0) is 53.9 Å². The molecule has 1 N–H and O–H groups in total. The minimum Gasteiger partial charge on any atom is -0.373 e. The van der Waals surface area contributed by atoms with Crippen LogP contribution in [0.15, 0.2) is 67.1 Å². The fourth-order valence-electron chi connectivity index (χ4n) is 2.64. The summed E-state index contributed by atoms with van der Waals surface area (Å²) in [5, 5.41) is 3.48. The van der Waals surface area contributed by atoms with E-state index < -0.39 is 0 Å². The van der Waals surface area contributed by atoms with Crippen molar-refractivity contribution in [3.05, 3.63) is 83.3 Å². The van der Waals surface area contributed by atoms with Gasteiger partial charge in [0.2, 0.25) is 5.91 Å². The number of benzene rings is 1. The van der Waals surface area contributed by atoms with Gasteiger partial charge >= 0.3 is 0 Å². The first-order chi connectivity index (χ1) is 13.1. The van der Waals surface area contributed by atoms with E-state index in [0.29, 0.717) is 10.8 Å². The Morgan fingerprint density at radius 2 is 1.78 bits per heavy atom. The molecule has 1 amide bonds. The monoisotopic (exact) mass is 380 g/mol. The number of carbonyl (C=O) groups is 1. The van der Waals surface area contributed by atoms with E-state index in [1.165, 1.54) is 5.56 Å². The van der Waals surface area contributed by atoms with Crippen LogP contribution in [0.5, 0.6) is 0 Å². The largest absolute Gasteiger partial charge is 0.373 e. The Labute approximate surface area is 164 Å². The molecule has 0 aliphatic carbocycles. The predicted molar refractivity (Wildman–Crippen MR) is 109 cm³/mol. The third-order valence-electron chi connectivity index (χ3n) is 4.22. The van der Waals surface area contributed by atoms with Crippen LogP contribution in [-0.2, 0) is 17.6 Å². The van der Waals surface area contributed by atoms with Gasteiger partial charge in [0.05, 0.1) is 18.3 Å². The molecule has 0 bridgehead atoms. The van der Waals surface area contributed by atoms with E-state index in [0.717, 1.165) is 24.2 Å². The number of aromatic nitrogens is 2. The average molecular weight is 381 g/mol. The van der Waals surface area contributed by atoms with Crippen molar-refractivity contribution in [2.75, 3.05) is 23.8 Å². The Bertz CT molecular complexity index is 867. The van der Waals surface area contributed by atoms with Crippen molar-refractivity contribution >= 4 is 29.0 Å². The number of carbonyl (C=O) groups excluding carboxylic acids is 1. The van der Waals surface area contributed by atoms with Crippen molar-refractivity contribution in [3.63, 3.8) is 0 Å². The molecule has 1 aromatic carbocycles. The van der Waals surface area contributed by atoms with Crippen molar-refractivity contribution in [1.29, 1.82) is 0 Å². The van der Waals surface area contributed by atoms with Gasteiger partial charge in [0, 0.05) is 31.0 Å². The number of nitrogens with one attached hydrogen (secondary N) is 1. The van der Waals surface area contributed by atoms with Crippen molar-refractivity contribution < 1.29 is 4.79 Å². The van der Waals surface area contributed by atoms with Gasteiger partial charge in [-0.1, -0.05) is 23.7 Å². The van der Waals surface area contributed by atoms with Gasteiger partial charge in [-0.2, -0.15) is 0 Å². The SMILES string of the molecule is CN(CCc1ccncc1)c1ccc(NC(=O)Cc2ccc(Cl)cc2)nc1. The molecule has 6 heteroatoms. The minimum absolute atomic E-state index is 0.108. The molecular weight excluding hydrogens is 360 g/mol. The maximum atomic E-state index is 12.1. The number of nitrogens with zero attached hydrogens (tertiary/aromatic N) is 3. The van der Waals surface area contributed by atoms with Gasteiger partial charge in [-0.3, -0.25) is 9.78 Å². The summed E-state index contributed by atoms with van der Waals surface area (Å²) in [5.74, 6) is 0.434. The normalized spacial score (nSPS) is 10.4. The molecular formula is C21H21ClN4O. The standard InChI is InChI=1S/C21H21ClN4O/c1-26(13-10-16-8-11-23-12-9-16)19-6-7-20(24-15-19)25-21(27)14-17-2-4-18(22)5-3-17/h2-9,11-12,15H,10,13-14H2,1H3,(H,24,25,27). The topological polar surface area (TPSA) is 58.1 Å². The second kappa shape index (κ2) is 9.14. The number of amides is 1. The van der Waals surface area contributed by atoms with Crippen molar-refractivity contribution in [1.82, 2.24) is 9.97 Å². The minimum atomic E-state index is -0.108. The van der Waals surface area contributed by atoms with Gasteiger partial charge in [-0.25, -0.2) is 4.98 Å². The zero-order valence-electron chi connectivity index (χ0n) is 15.1. The molecule has 3 rings (SSSR count). The van der Waals surface area contributed by atoms with Crippen LogP contribution in [0, 0.1) is 0 Å². The second-order valence-electron chi connectivity index (χ2n) is 6.28. The first-order valence-corrected chi connectivity index (χ1v) is 9.08. The molecule has 0 unspecified atom stereocenters. The summed E-state index contributed by atoms with van der Waals surface area (Å²) in [7, 11) is 2.02. The van der Waals surface area contributed by atoms with Crippen molar-refractivity contribution in [3.8, 4) is 0 Å². The maximum absolute atomic E-state index is 12.1. The van der Waals surface area contributed by atoms with Crippen LogP contribution in [0.2, 0.25) is 5.02 Å². The van der Waals surface area contributed by atoms with Crippen LogP contribution in [-0.4, -0.2) is 29.5 Å². The molecule has 0 atom stereocenters. The van der Waals surface area contributed by atoms with Crippen LogP contribution >= 0.6 is 11.6 Å². The Kier molecular flexibility index (Phi) is 6.39. The molecule has 0 fully saturated rings. The molecule has 0 radical (unpaired) electrons. The number of halogens is 1. The van der Waals surface area contributed by atoms with Gasteiger partial charge in [0.15, 0.2) is 0 Å². The molecule has 0 aliphatic rings. The molecule has 138 valence electrons. The molecule has 2 aromatic heterocycles. The van der Waals surface area contributed by atoms with Gasteiger partial charge < -0.3 is 10.2 Å².